The largest absolute Gasteiger partial charge is 0.269 e. The van der Waals surface area contributed by atoms with Crippen LogP contribution in [-0.4, -0.2) is 22.4 Å². The van der Waals surface area contributed by atoms with Gasteiger partial charge < -0.3 is 0 Å². The van der Waals surface area contributed by atoms with E-state index in [9.17, 15) is 8.42 Å². The van der Waals surface area contributed by atoms with Crippen LogP contribution in [0.2, 0.25) is 0 Å². The summed E-state index contributed by atoms with van der Waals surface area (Å²) in [6, 6.07) is 14.2. The van der Waals surface area contributed by atoms with Crippen LogP contribution in [0.4, 0.5) is 0 Å². The minimum absolute atomic E-state index is 0.219. The third-order valence-electron chi connectivity index (χ3n) is 4.33. The van der Waals surface area contributed by atoms with E-state index >= 15 is 0 Å². The number of fused-ring (bicyclic) bond motifs is 1. The molecule has 0 unspecified atom stereocenters. The molecule has 0 saturated carbocycles. The normalized spacial score (nSPS) is 11.8. The number of halogens is 1. The molecule has 136 valence electrons. The summed E-state index contributed by atoms with van der Waals surface area (Å²) in [6.07, 6.45) is 3.28. The van der Waals surface area contributed by atoms with E-state index in [-0.39, 0.29) is 4.90 Å². The lowest BCUT2D eigenvalue weighted by Gasteiger charge is -2.12. The average molecular weight is 442 g/mol. The molecule has 3 heterocycles. The average Bonchev–Trinajstić information content (AvgIpc) is 3.02. The van der Waals surface area contributed by atoms with Gasteiger partial charge in [0.1, 0.15) is 0 Å². The minimum atomic E-state index is -3.83. The Balaban J connectivity index is 2.04. The Labute approximate surface area is 165 Å². The lowest BCUT2D eigenvalue weighted by atomic mass is 10.2. The molecule has 0 fully saturated rings. The molecular weight excluding hydrogens is 426 g/mol. The molecule has 4 aromatic rings. The van der Waals surface area contributed by atoms with E-state index in [1.54, 1.807) is 36.7 Å². The van der Waals surface area contributed by atoms with Crippen molar-refractivity contribution in [3.8, 4) is 11.3 Å². The summed E-state index contributed by atoms with van der Waals surface area (Å²) in [5.41, 5.74) is 3.49. The first-order valence-electron chi connectivity index (χ1n) is 8.28. The zero-order valence-corrected chi connectivity index (χ0v) is 17.1. The Bertz CT molecular complexity index is 1250. The van der Waals surface area contributed by atoms with Crippen molar-refractivity contribution in [1.29, 1.82) is 0 Å². The van der Waals surface area contributed by atoms with Crippen LogP contribution in [0.3, 0.4) is 0 Å². The third-order valence-corrected chi connectivity index (χ3v) is 6.48. The van der Waals surface area contributed by atoms with Crippen molar-refractivity contribution in [2.24, 2.45) is 0 Å². The fraction of sp³-hybridized carbons (Fsp3) is 0.100. The van der Waals surface area contributed by atoms with Crippen LogP contribution in [-0.2, 0) is 10.0 Å². The van der Waals surface area contributed by atoms with Gasteiger partial charge in [0.15, 0.2) is 5.65 Å². The van der Waals surface area contributed by atoms with Crippen molar-refractivity contribution in [2.75, 3.05) is 0 Å². The van der Waals surface area contributed by atoms with Crippen LogP contribution in [0.1, 0.15) is 11.3 Å². The van der Waals surface area contributed by atoms with Gasteiger partial charge in [-0.25, -0.2) is 17.4 Å². The van der Waals surface area contributed by atoms with E-state index in [1.807, 2.05) is 38.1 Å². The molecule has 3 aromatic heterocycles. The first kappa shape index (κ1) is 17.9. The monoisotopic (exact) mass is 441 g/mol. The maximum Gasteiger partial charge on any atom is 0.269 e. The molecule has 0 atom stereocenters. The molecule has 0 N–H and O–H groups in total. The van der Waals surface area contributed by atoms with Crippen LogP contribution in [0, 0.1) is 13.8 Å². The molecule has 0 aliphatic heterocycles. The Morgan fingerprint density at radius 2 is 1.67 bits per heavy atom. The first-order valence-corrected chi connectivity index (χ1v) is 10.5. The molecule has 5 nitrogen and oxygen atoms in total. The van der Waals surface area contributed by atoms with E-state index < -0.39 is 10.0 Å². The van der Waals surface area contributed by atoms with Crippen LogP contribution >= 0.6 is 15.9 Å². The van der Waals surface area contributed by atoms with Crippen molar-refractivity contribution >= 4 is 37.0 Å². The molecule has 0 spiro atoms. The molecule has 7 heteroatoms. The fourth-order valence-electron chi connectivity index (χ4n) is 2.92. The molecule has 27 heavy (non-hydrogen) atoms. The molecule has 0 amide bonds. The SMILES string of the molecule is Cc1ccc(S(=O)(=O)n2c(-c3ccc(C)nc3)cc3cc(Br)cnc32)cc1. The topological polar surface area (TPSA) is 64.8 Å². The predicted octanol–water partition coefficient (Wildman–Crippen LogP) is 4.71. The van der Waals surface area contributed by atoms with E-state index in [0.717, 1.165) is 21.1 Å². The van der Waals surface area contributed by atoms with Gasteiger partial charge in [0.2, 0.25) is 0 Å². The quantitative estimate of drug-likeness (QED) is 0.461. The number of aromatic nitrogens is 3. The van der Waals surface area contributed by atoms with Gasteiger partial charge in [-0.05, 0) is 66.2 Å². The summed E-state index contributed by atoms with van der Waals surface area (Å²) in [5.74, 6) is 0. The van der Waals surface area contributed by atoms with Crippen molar-refractivity contribution in [3.63, 3.8) is 0 Å². The maximum absolute atomic E-state index is 13.5. The van der Waals surface area contributed by atoms with E-state index in [4.69, 9.17) is 0 Å². The number of nitrogens with zero attached hydrogens (tertiary/aromatic N) is 3. The molecule has 4 rings (SSSR count). The van der Waals surface area contributed by atoms with Gasteiger partial charge in [-0.1, -0.05) is 17.7 Å². The van der Waals surface area contributed by atoms with Crippen molar-refractivity contribution in [3.05, 3.63) is 76.7 Å². The van der Waals surface area contributed by atoms with Gasteiger partial charge >= 0.3 is 0 Å². The standard InChI is InChI=1S/C20H16BrN3O2S/c1-13-3-7-18(8-4-13)27(25,26)24-19(15-6-5-14(2)22-11-15)10-16-9-17(21)12-23-20(16)24/h3-12H,1-2H3. The summed E-state index contributed by atoms with van der Waals surface area (Å²) in [6.45, 7) is 3.81. The molecule has 0 aliphatic rings. The Hall–Kier alpha value is -2.51. The van der Waals surface area contributed by atoms with Crippen LogP contribution in [0.5, 0.6) is 0 Å². The van der Waals surface area contributed by atoms with Crippen LogP contribution in [0.15, 0.2) is 70.3 Å². The van der Waals surface area contributed by atoms with Crippen LogP contribution in [0.25, 0.3) is 22.3 Å². The van der Waals surface area contributed by atoms with Gasteiger partial charge in [0.25, 0.3) is 10.0 Å². The fourth-order valence-corrected chi connectivity index (χ4v) is 4.76. The zero-order valence-electron chi connectivity index (χ0n) is 14.7. The number of hydrogen-bond acceptors (Lipinski definition) is 4. The molecule has 0 aliphatic carbocycles. The highest BCUT2D eigenvalue weighted by molar-refractivity contribution is 9.10. The second kappa shape index (κ2) is 6.58. The lowest BCUT2D eigenvalue weighted by molar-refractivity contribution is 0.589. The van der Waals surface area contributed by atoms with E-state index in [2.05, 4.69) is 25.9 Å². The molecular formula is C20H16BrN3O2S. The number of benzene rings is 1. The van der Waals surface area contributed by atoms with E-state index in [1.165, 1.54) is 3.97 Å². The number of aryl methyl sites for hydroxylation is 2. The molecule has 0 saturated heterocycles. The minimum Gasteiger partial charge on any atom is -0.261 e. The van der Waals surface area contributed by atoms with Crippen molar-refractivity contribution in [1.82, 2.24) is 13.9 Å². The van der Waals surface area contributed by atoms with Crippen molar-refractivity contribution in [2.45, 2.75) is 18.7 Å². The van der Waals surface area contributed by atoms with E-state index in [0.29, 0.717) is 16.9 Å². The van der Waals surface area contributed by atoms with Crippen molar-refractivity contribution < 1.29 is 8.42 Å². The molecule has 0 radical (unpaired) electrons. The first-order chi connectivity index (χ1) is 12.9. The van der Waals surface area contributed by atoms with Gasteiger partial charge in [-0.3, -0.25) is 4.98 Å². The Kier molecular flexibility index (Phi) is 4.36. The lowest BCUT2D eigenvalue weighted by Crippen LogP contribution is -2.14. The zero-order chi connectivity index (χ0) is 19.2. The highest BCUT2D eigenvalue weighted by Crippen LogP contribution is 2.32. The maximum atomic E-state index is 13.5. The second-order valence-corrected chi connectivity index (χ2v) is 9.07. The Morgan fingerprint density at radius 1 is 0.926 bits per heavy atom. The second-order valence-electron chi connectivity index (χ2n) is 6.37. The summed E-state index contributed by atoms with van der Waals surface area (Å²) in [4.78, 5) is 8.90. The summed E-state index contributed by atoms with van der Waals surface area (Å²) in [5, 5.41) is 0.732. The summed E-state index contributed by atoms with van der Waals surface area (Å²) in [7, 11) is -3.83. The summed E-state index contributed by atoms with van der Waals surface area (Å²) >= 11 is 3.40. The molecule has 1 aromatic carbocycles. The summed E-state index contributed by atoms with van der Waals surface area (Å²) < 4.78 is 29.0. The Morgan fingerprint density at radius 3 is 2.33 bits per heavy atom. The number of hydrogen-bond donors (Lipinski definition) is 0. The van der Waals surface area contributed by atoms with Gasteiger partial charge in [0.05, 0.1) is 10.6 Å². The van der Waals surface area contributed by atoms with Crippen LogP contribution < -0.4 is 0 Å². The smallest absolute Gasteiger partial charge is 0.261 e. The third kappa shape index (κ3) is 3.17. The van der Waals surface area contributed by atoms with Gasteiger partial charge in [-0.15, -0.1) is 0 Å². The number of pyridine rings is 2. The molecule has 0 bridgehead atoms. The predicted molar refractivity (Wildman–Crippen MR) is 109 cm³/mol. The highest BCUT2D eigenvalue weighted by Gasteiger charge is 2.25. The highest BCUT2D eigenvalue weighted by atomic mass is 79.9. The van der Waals surface area contributed by atoms with Gasteiger partial charge in [-0.2, -0.15) is 0 Å². The number of rotatable bonds is 3. The van der Waals surface area contributed by atoms with Gasteiger partial charge in [0, 0.05) is 33.5 Å².